The monoisotopic (exact) mass is 299 g/mol. The number of benzene rings is 1. The summed E-state index contributed by atoms with van der Waals surface area (Å²) in [4.78, 5) is -0.0384. The number of rotatable bonds is 7. The Morgan fingerprint density at radius 2 is 2.10 bits per heavy atom. The van der Waals surface area contributed by atoms with Crippen molar-refractivity contribution in [3.63, 3.8) is 0 Å². The van der Waals surface area contributed by atoms with Crippen molar-refractivity contribution in [1.82, 2.24) is 0 Å². The standard InChI is InChI=1S/C13H21N3O3S/c1-19-7-6-13(4-5-13)9-16-10-2-3-12(11(14)8-10)20(15,17)18/h2-3,8,16H,4-7,9,14H2,1H3,(H2,15,17,18). The molecule has 1 saturated carbocycles. The van der Waals surface area contributed by atoms with Gasteiger partial charge in [0.1, 0.15) is 4.90 Å². The molecule has 0 saturated heterocycles. The molecule has 2 rings (SSSR count). The molecule has 6 nitrogen and oxygen atoms in total. The van der Waals surface area contributed by atoms with Gasteiger partial charge in [-0.15, -0.1) is 0 Å². The molecule has 0 unspecified atom stereocenters. The van der Waals surface area contributed by atoms with Crippen LogP contribution in [0.15, 0.2) is 23.1 Å². The van der Waals surface area contributed by atoms with Gasteiger partial charge in [0.2, 0.25) is 10.0 Å². The number of primary sulfonamides is 1. The lowest BCUT2D eigenvalue weighted by molar-refractivity contribution is 0.175. The minimum absolute atomic E-state index is 0.0384. The van der Waals surface area contributed by atoms with Gasteiger partial charge in [0, 0.05) is 25.9 Å². The van der Waals surface area contributed by atoms with E-state index in [9.17, 15) is 8.42 Å². The van der Waals surface area contributed by atoms with Gasteiger partial charge in [-0.1, -0.05) is 0 Å². The highest BCUT2D eigenvalue weighted by Gasteiger charge is 2.41. The molecule has 1 aliphatic carbocycles. The van der Waals surface area contributed by atoms with Gasteiger partial charge in [-0.05, 0) is 42.9 Å². The fourth-order valence-electron chi connectivity index (χ4n) is 2.22. The Balaban J connectivity index is 2.00. The SMILES string of the molecule is COCCC1(CNc2ccc(S(N)(=O)=O)c(N)c2)CC1. The number of nitrogens with one attached hydrogen (secondary N) is 1. The lowest BCUT2D eigenvalue weighted by Crippen LogP contribution is -2.18. The number of hydrogen-bond donors (Lipinski definition) is 3. The number of nitrogens with two attached hydrogens (primary N) is 2. The zero-order valence-corrected chi connectivity index (χ0v) is 12.4. The Labute approximate surface area is 119 Å². The zero-order valence-electron chi connectivity index (χ0n) is 11.6. The number of hydrogen-bond acceptors (Lipinski definition) is 5. The van der Waals surface area contributed by atoms with Crippen molar-refractivity contribution in [2.45, 2.75) is 24.2 Å². The van der Waals surface area contributed by atoms with Crippen molar-refractivity contribution in [2.75, 3.05) is 31.3 Å². The third-order valence-corrected chi connectivity index (χ3v) is 4.76. The second-order valence-corrected chi connectivity index (χ2v) is 6.92. The molecule has 1 aliphatic rings. The third-order valence-electron chi connectivity index (χ3n) is 3.78. The van der Waals surface area contributed by atoms with Crippen LogP contribution in [0.25, 0.3) is 0 Å². The highest BCUT2D eigenvalue weighted by molar-refractivity contribution is 7.89. The summed E-state index contributed by atoms with van der Waals surface area (Å²) in [5.41, 5.74) is 7.00. The van der Waals surface area contributed by atoms with Crippen LogP contribution in [0.2, 0.25) is 0 Å². The minimum atomic E-state index is -3.76. The fourth-order valence-corrected chi connectivity index (χ4v) is 2.86. The van der Waals surface area contributed by atoms with E-state index >= 15 is 0 Å². The van der Waals surface area contributed by atoms with Crippen molar-refractivity contribution >= 4 is 21.4 Å². The summed E-state index contributed by atoms with van der Waals surface area (Å²) in [5, 5.41) is 8.38. The number of anilines is 2. The molecule has 0 aromatic heterocycles. The number of sulfonamides is 1. The summed E-state index contributed by atoms with van der Waals surface area (Å²) in [6, 6.07) is 4.72. The zero-order chi connectivity index (χ0) is 14.8. The molecule has 0 spiro atoms. The van der Waals surface area contributed by atoms with Crippen molar-refractivity contribution in [1.29, 1.82) is 0 Å². The second-order valence-electron chi connectivity index (χ2n) is 5.39. The van der Waals surface area contributed by atoms with Gasteiger partial charge in [0.25, 0.3) is 0 Å². The van der Waals surface area contributed by atoms with Crippen LogP contribution in [0.4, 0.5) is 11.4 Å². The van der Waals surface area contributed by atoms with E-state index in [2.05, 4.69) is 5.32 Å². The molecular formula is C13H21N3O3S. The van der Waals surface area contributed by atoms with Crippen molar-refractivity contribution in [2.24, 2.45) is 10.6 Å². The van der Waals surface area contributed by atoms with Crippen LogP contribution in [0.3, 0.4) is 0 Å². The van der Waals surface area contributed by atoms with E-state index in [4.69, 9.17) is 15.6 Å². The van der Waals surface area contributed by atoms with Gasteiger partial charge in [0.15, 0.2) is 0 Å². The first-order chi connectivity index (χ1) is 9.36. The molecular weight excluding hydrogens is 278 g/mol. The number of methoxy groups -OCH3 is 1. The van der Waals surface area contributed by atoms with E-state index in [1.165, 1.54) is 18.9 Å². The summed E-state index contributed by atoms with van der Waals surface area (Å²) in [6.07, 6.45) is 3.41. The number of ether oxygens (including phenoxy) is 1. The molecule has 1 fully saturated rings. The maximum atomic E-state index is 11.3. The average Bonchev–Trinajstić information content (AvgIpc) is 3.13. The fraction of sp³-hybridized carbons (Fsp3) is 0.538. The van der Waals surface area contributed by atoms with Gasteiger partial charge >= 0.3 is 0 Å². The first kappa shape index (κ1) is 15.1. The maximum absolute atomic E-state index is 11.3. The van der Waals surface area contributed by atoms with E-state index in [0.29, 0.717) is 5.41 Å². The Morgan fingerprint density at radius 1 is 1.40 bits per heavy atom. The average molecular weight is 299 g/mol. The van der Waals surface area contributed by atoms with Crippen molar-refractivity contribution in [3.05, 3.63) is 18.2 Å². The first-order valence-corrected chi connectivity index (χ1v) is 8.06. The highest BCUT2D eigenvalue weighted by Crippen LogP contribution is 2.48. The topological polar surface area (TPSA) is 107 Å². The van der Waals surface area contributed by atoms with E-state index in [0.717, 1.165) is 25.3 Å². The molecule has 0 radical (unpaired) electrons. The van der Waals surface area contributed by atoms with Crippen LogP contribution < -0.4 is 16.2 Å². The summed E-state index contributed by atoms with van der Waals surface area (Å²) in [7, 11) is -2.06. The maximum Gasteiger partial charge on any atom is 0.240 e. The van der Waals surface area contributed by atoms with E-state index in [1.54, 1.807) is 19.2 Å². The van der Waals surface area contributed by atoms with E-state index < -0.39 is 10.0 Å². The molecule has 0 aliphatic heterocycles. The highest BCUT2D eigenvalue weighted by atomic mass is 32.2. The summed E-state index contributed by atoms with van der Waals surface area (Å²) < 4.78 is 27.7. The van der Waals surface area contributed by atoms with E-state index in [1.807, 2.05) is 0 Å². The minimum Gasteiger partial charge on any atom is -0.398 e. The van der Waals surface area contributed by atoms with Crippen LogP contribution in [-0.2, 0) is 14.8 Å². The van der Waals surface area contributed by atoms with Crippen LogP contribution in [0.1, 0.15) is 19.3 Å². The quantitative estimate of drug-likeness (QED) is 0.654. The molecule has 0 bridgehead atoms. The molecule has 1 aromatic carbocycles. The van der Waals surface area contributed by atoms with Gasteiger partial charge in [0.05, 0.1) is 5.69 Å². The predicted molar refractivity (Wildman–Crippen MR) is 78.9 cm³/mol. The Bertz CT molecular complexity index is 583. The van der Waals surface area contributed by atoms with Gasteiger partial charge in [-0.3, -0.25) is 0 Å². The lowest BCUT2D eigenvalue weighted by atomic mass is 10.0. The molecule has 1 aromatic rings. The molecule has 20 heavy (non-hydrogen) atoms. The van der Waals surface area contributed by atoms with Gasteiger partial charge < -0.3 is 15.8 Å². The lowest BCUT2D eigenvalue weighted by Gasteiger charge is -2.17. The van der Waals surface area contributed by atoms with Gasteiger partial charge in [-0.2, -0.15) is 0 Å². The van der Waals surface area contributed by atoms with Crippen LogP contribution >= 0.6 is 0 Å². The summed E-state index contributed by atoms with van der Waals surface area (Å²) in [5.74, 6) is 0. The van der Waals surface area contributed by atoms with Crippen LogP contribution in [0, 0.1) is 5.41 Å². The molecule has 0 atom stereocenters. The largest absolute Gasteiger partial charge is 0.398 e. The van der Waals surface area contributed by atoms with Crippen molar-refractivity contribution in [3.8, 4) is 0 Å². The Morgan fingerprint density at radius 3 is 2.60 bits per heavy atom. The van der Waals surface area contributed by atoms with E-state index in [-0.39, 0.29) is 10.6 Å². The van der Waals surface area contributed by atoms with Crippen molar-refractivity contribution < 1.29 is 13.2 Å². The molecule has 112 valence electrons. The smallest absolute Gasteiger partial charge is 0.240 e. The normalized spacial score (nSPS) is 16.9. The summed E-state index contributed by atoms with van der Waals surface area (Å²) in [6.45, 7) is 1.60. The first-order valence-electron chi connectivity index (χ1n) is 6.51. The molecule has 0 amide bonds. The number of nitrogen functional groups attached to an aromatic ring is 1. The van der Waals surface area contributed by atoms with Gasteiger partial charge in [-0.25, -0.2) is 13.6 Å². The predicted octanol–water partition coefficient (Wildman–Crippen LogP) is 1.14. The van der Waals surface area contributed by atoms with Crippen LogP contribution in [0.5, 0.6) is 0 Å². The Hall–Kier alpha value is -1.31. The third kappa shape index (κ3) is 3.62. The summed E-state index contributed by atoms with van der Waals surface area (Å²) >= 11 is 0. The molecule has 7 heteroatoms. The second kappa shape index (κ2) is 5.59. The Kier molecular flexibility index (Phi) is 4.22. The molecule has 5 N–H and O–H groups in total. The van der Waals surface area contributed by atoms with Crippen LogP contribution in [-0.4, -0.2) is 28.7 Å². The molecule has 0 heterocycles.